The van der Waals surface area contributed by atoms with Gasteiger partial charge in [0.15, 0.2) is 5.79 Å². The van der Waals surface area contributed by atoms with E-state index in [-0.39, 0.29) is 40.0 Å². The highest BCUT2D eigenvalue weighted by Gasteiger charge is 2.74. The van der Waals surface area contributed by atoms with Crippen molar-refractivity contribution in [2.24, 2.45) is 62.6 Å². The van der Waals surface area contributed by atoms with Gasteiger partial charge in [-0.05, 0) is 90.8 Å². The van der Waals surface area contributed by atoms with Gasteiger partial charge in [-0.1, -0.05) is 60.1 Å². The minimum Gasteiger partial charge on any atom is -0.465 e. The Morgan fingerprint density at radius 1 is 0.943 bits per heavy atom. The Kier molecular flexibility index (Phi) is 4.86. The van der Waals surface area contributed by atoms with Gasteiger partial charge in [-0.15, -0.1) is 0 Å². The van der Waals surface area contributed by atoms with Crippen LogP contribution >= 0.6 is 0 Å². The molecule has 4 nitrogen and oxygen atoms in total. The average molecular weight is 485 g/mol. The molecule has 6 fully saturated rings. The second-order valence-electron chi connectivity index (χ2n) is 15.3. The first-order valence-corrected chi connectivity index (χ1v) is 14.5. The third-order valence-corrected chi connectivity index (χ3v) is 14.3. The molecule has 0 aromatic rings. The SMILES string of the molecule is C[C@H]1[C@H](C)CC[C@@]23CC[C@]4(C)C(=CCC5[C@@]6(C)C(CC(O)(O)C(C)(C)C6CC[C@]54C)C(=O)OC2)[C@H]13. The third kappa shape index (κ3) is 2.65. The van der Waals surface area contributed by atoms with Crippen LogP contribution in [0.5, 0.6) is 0 Å². The number of carbonyl (C=O) groups is 1. The van der Waals surface area contributed by atoms with Crippen LogP contribution in [0.15, 0.2) is 11.6 Å². The van der Waals surface area contributed by atoms with E-state index in [0.29, 0.717) is 30.3 Å². The first-order valence-electron chi connectivity index (χ1n) is 14.5. The molecule has 4 saturated carbocycles. The smallest absolute Gasteiger partial charge is 0.309 e. The quantitative estimate of drug-likeness (QED) is 0.247. The lowest BCUT2D eigenvalue weighted by Gasteiger charge is -2.72. The highest BCUT2D eigenvalue weighted by Crippen LogP contribution is 2.77. The van der Waals surface area contributed by atoms with Crippen molar-refractivity contribution < 1.29 is 19.7 Å². The number of hydrogen-bond donors (Lipinski definition) is 2. The van der Waals surface area contributed by atoms with Gasteiger partial charge in [-0.2, -0.15) is 0 Å². The van der Waals surface area contributed by atoms with E-state index in [1.54, 1.807) is 5.57 Å². The van der Waals surface area contributed by atoms with Crippen LogP contribution in [0.25, 0.3) is 0 Å². The van der Waals surface area contributed by atoms with Crippen LogP contribution in [0, 0.1) is 62.6 Å². The van der Waals surface area contributed by atoms with E-state index >= 15 is 0 Å². The van der Waals surface area contributed by atoms with Crippen molar-refractivity contribution in [3.8, 4) is 0 Å². The van der Waals surface area contributed by atoms with E-state index < -0.39 is 17.1 Å². The number of ether oxygens (including phenoxy) is 1. The second-order valence-corrected chi connectivity index (χ2v) is 15.3. The summed E-state index contributed by atoms with van der Waals surface area (Å²) in [5.41, 5.74) is 0.930. The van der Waals surface area contributed by atoms with Gasteiger partial charge in [-0.25, -0.2) is 0 Å². The van der Waals surface area contributed by atoms with Crippen molar-refractivity contribution in [1.82, 2.24) is 0 Å². The average Bonchev–Trinajstić information content (AvgIpc) is 2.79. The van der Waals surface area contributed by atoms with Crippen LogP contribution < -0.4 is 0 Å². The van der Waals surface area contributed by atoms with Crippen LogP contribution in [0.4, 0.5) is 0 Å². The molecule has 2 N–H and O–H groups in total. The van der Waals surface area contributed by atoms with E-state index in [1.165, 1.54) is 12.8 Å². The summed E-state index contributed by atoms with van der Waals surface area (Å²) in [6, 6.07) is 0. The highest BCUT2D eigenvalue weighted by atomic mass is 16.5. The standard InChI is InChI=1S/C31H48O4/c1-18-10-13-30-15-14-27(5)20(24(30)19(18)2)8-9-23-28(27,6)12-11-22-26(3,4)31(33,34)16-21(29(22,23)7)25(32)35-17-30/h8,18-19,21-24,33-34H,9-17H2,1-7H3/t18-,19+,21?,22?,23?,24+,27-,28-,29+,30-/m1/s1. The number of carbonyl (C=O) groups excluding carboxylic acids is 1. The third-order valence-electron chi connectivity index (χ3n) is 14.3. The molecule has 6 bridgehead atoms. The van der Waals surface area contributed by atoms with Crippen molar-refractivity contribution in [2.75, 3.05) is 6.61 Å². The van der Waals surface area contributed by atoms with Gasteiger partial charge in [0, 0.05) is 17.3 Å². The van der Waals surface area contributed by atoms with Crippen molar-refractivity contribution in [2.45, 2.75) is 106 Å². The summed E-state index contributed by atoms with van der Waals surface area (Å²) in [6.07, 6.45) is 10.4. The fraction of sp³-hybridized carbons (Fsp3) is 0.903. The molecule has 196 valence electrons. The molecule has 1 spiro atoms. The molecule has 2 saturated heterocycles. The molecule has 0 aromatic carbocycles. The molecule has 0 radical (unpaired) electrons. The first-order chi connectivity index (χ1) is 16.2. The number of fused-ring (bicyclic) bond motifs is 2. The van der Waals surface area contributed by atoms with E-state index in [2.05, 4.69) is 40.7 Å². The zero-order valence-corrected chi connectivity index (χ0v) is 23.1. The summed E-state index contributed by atoms with van der Waals surface area (Å²) in [4.78, 5) is 14.0. The fourth-order valence-electron chi connectivity index (χ4n) is 11.5. The van der Waals surface area contributed by atoms with Crippen LogP contribution in [-0.2, 0) is 9.53 Å². The van der Waals surface area contributed by atoms with Crippen molar-refractivity contribution >= 4 is 5.97 Å². The van der Waals surface area contributed by atoms with Crippen LogP contribution in [0.1, 0.15) is 99.8 Å². The summed E-state index contributed by atoms with van der Waals surface area (Å²) in [7, 11) is 0. The van der Waals surface area contributed by atoms with Gasteiger partial charge in [0.2, 0.25) is 0 Å². The monoisotopic (exact) mass is 484 g/mol. The van der Waals surface area contributed by atoms with E-state index in [9.17, 15) is 15.0 Å². The molecule has 8 rings (SSSR count). The van der Waals surface area contributed by atoms with Crippen LogP contribution in [0.3, 0.4) is 0 Å². The Morgan fingerprint density at radius 3 is 2.37 bits per heavy atom. The molecule has 35 heavy (non-hydrogen) atoms. The lowest BCUT2D eigenvalue weighted by molar-refractivity contribution is -0.326. The normalized spacial score (nSPS) is 55.9. The van der Waals surface area contributed by atoms with Gasteiger partial charge in [0.1, 0.15) is 0 Å². The summed E-state index contributed by atoms with van der Waals surface area (Å²) in [6.45, 7) is 16.8. The number of allylic oxidation sites excluding steroid dienone is 2. The number of rotatable bonds is 0. The largest absolute Gasteiger partial charge is 0.465 e. The van der Waals surface area contributed by atoms with Gasteiger partial charge in [-0.3, -0.25) is 4.79 Å². The lowest BCUT2D eigenvalue weighted by atomic mass is 9.32. The predicted octanol–water partition coefficient (Wildman–Crippen LogP) is 6.11. The van der Waals surface area contributed by atoms with Gasteiger partial charge in [0.25, 0.3) is 0 Å². The minimum absolute atomic E-state index is 0.0261. The van der Waals surface area contributed by atoms with Crippen LogP contribution in [0.2, 0.25) is 0 Å². The molecule has 3 heterocycles. The zero-order valence-electron chi connectivity index (χ0n) is 23.1. The minimum atomic E-state index is -1.87. The number of esters is 1. The molecule has 5 aliphatic carbocycles. The maximum atomic E-state index is 14.0. The molecule has 3 aliphatic heterocycles. The Hall–Kier alpha value is -0.870. The highest BCUT2D eigenvalue weighted by molar-refractivity contribution is 5.74. The van der Waals surface area contributed by atoms with E-state index in [4.69, 9.17) is 4.74 Å². The Balaban J connectivity index is 1.60. The van der Waals surface area contributed by atoms with Gasteiger partial charge >= 0.3 is 5.97 Å². The lowest BCUT2D eigenvalue weighted by Crippen LogP contribution is -2.70. The summed E-state index contributed by atoms with van der Waals surface area (Å²) < 4.78 is 6.35. The molecular weight excluding hydrogens is 436 g/mol. The van der Waals surface area contributed by atoms with E-state index in [1.807, 2.05) is 13.8 Å². The Bertz CT molecular complexity index is 980. The maximum Gasteiger partial charge on any atom is 0.309 e. The van der Waals surface area contributed by atoms with Gasteiger partial charge < -0.3 is 14.9 Å². The fourth-order valence-corrected chi connectivity index (χ4v) is 11.5. The van der Waals surface area contributed by atoms with Crippen molar-refractivity contribution in [1.29, 1.82) is 0 Å². The number of aliphatic hydroxyl groups is 2. The number of hydrogen-bond acceptors (Lipinski definition) is 4. The molecule has 10 atom stereocenters. The summed E-state index contributed by atoms with van der Waals surface area (Å²) in [5, 5.41) is 22.6. The molecule has 0 aromatic heterocycles. The summed E-state index contributed by atoms with van der Waals surface area (Å²) in [5.74, 6) is -0.383. The second kappa shape index (κ2) is 6.95. The Morgan fingerprint density at radius 2 is 1.66 bits per heavy atom. The van der Waals surface area contributed by atoms with E-state index in [0.717, 1.165) is 32.1 Å². The molecule has 8 aliphatic rings. The zero-order chi connectivity index (χ0) is 25.4. The molecule has 3 unspecified atom stereocenters. The van der Waals surface area contributed by atoms with Crippen molar-refractivity contribution in [3.63, 3.8) is 0 Å². The topological polar surface area (TPSA) is 66.8 Å². The van der Waals surface area contributed by atoms with Crippen LogP contribution in [-0.4, -0.2) is 28.6 Å². The van der Waals surface area contributed by atoms with Crippen molar-refractivity contribution in [3.05, 3.63) is 11.6 Å². The predicted molar refractivity (Wildman–Crippen MR) is 136 cm³/mol. The molecule has 4 heteroatoms. The maximum absolute atomic E-state index is 14.0. The molecular formula is C31H48O4. The summed E-state index contributed by atoms with van der Waals surface area (Å²) >= 11 is 0. The van der Waals surface area contributed by atoms with Gasteiger partial charge in [0.05, 0.1) is 12.5 Å². The molecule has 0 amide bonds. The Labute approximate surface area is 212 Å². The first kappa shape index (κ1) is 24.5.